The molecule has 0 N–H and O–H groups in total. The van der Waals surface area contributed by atoms with Crippen LogP contribution in [0.5, 0.6) is 0 Å². The molecule has 3 heterocycles. The number of carbonyl (C=O) groups is 2. The van der Waals surface area contributed by atoms with Crippen molar-refractivity contribution < 1.29 is 14.3 Å². The topological polar surface area (TPSA) is 59.5 Å². The molecule has 0 spiro atoms. The fourth-order valence-corrected chi connectivity index (χ4v) is 3.57. The van der Waals surface area contributed by atoms with E-state index in [4.69, 9.17) is 4.74 Å². The van der Waals surface area contributed by atoms with Crippen molar-refractivity contribution in [2.24, 2.45) is 0 Å². The Morgan fingerprint density at radius 3 is 2.62 bits per heavy atom. The highest BCUT2D eigenvalue weighted by atomic mass is 16.5. The summed E-state index contributed by atoms with van der Waals surface area (Å²) in [4.78, 5) is 31.4. The SMILES string of the molecule is CC1=C(c2cncc3ccccc23)C(=O)N(C2CCOCC2)C1=O. The van der Waals surface area contributed by atoms with Crippen molar-refractivity contribution in [3.05, 3.63) is 47.8 Å². The summed E-state index contributed by atoms with van der Waals surface area (Å²) in [6.07, 6.45) is 4.85. The molecular formula is C19H18N2O3. The number of hydrogen-bond donors (Lipinski definition) is 0. The first-order valence-electron chi connectivity index (χ1n) is 8.18. The van der Waals surface area contributed by atoms with Gasteiger partial charge in [0.2, 0.25) is 0 Å². The lowest BCUT2D eigenvalue weighted by Crippen LogP contribution is -2.44. The van der Waals surface area contributed by atoms with E-state index in [9.17, 15) is 9.59 Å². The maximum atomic E-state index is 13.0. The predicted octanol–water partition coefficient (Wildman–Crippen LogP) is 2.56. The number of aromatic nitrogens is 1. The molecule has 2 aliphatic rings. The molecule has 1 aromatic heterocycles. The number of hydrogen-bond acceptors (Lipinski definition) is 4. The van der Waals surface area contributed by atoms with Crippen LogP contribution in [0, 0.1) is 0 Å². The summed E-state index contributed by atoms with van der Waals surface area (Å²) in [5.74, 6) is -0.391. The van der Waals surface area contributed by atoms with Crippen LogP contribution in [0.2, 0.25) is 0 Å². The highest BCUT2D eigenvalue weighted by molar-refractivity contribution is 6.37. The van der Waals surface area contributed by atoms with E-state index >= 15 is 0 Å². The molecule has 0 unspecified atom stereocenters. The molecule has 5 heteroatoms. The number of nitrogens with zero attached hydrogens (tertiary/aromatic N) is 2. The molecule has 24 heavy (non-hydrogen) atoms. The van der Waals surface area contributed by atoms with Gasteiger partial charge in [0.15, 0.2) is 0 Å². The van der Waals surface area contributed by atoms with Crippen LogP contribution in [-0.2, 0) is 14.3 Å². The summed E-state index contributed by atoms with van der Waals surface area (Å²) in [5, 5.41) is 1.90. The summed E-state index contributed by atoms with van der Waals surface area (Å²) in [5.41, 5.74) is 1.72. The van der Waals surface area contributed by atoms with Gasteiger partial charge in [0.05, 0.1) is 5.57 Å². The molecule has 0 radical (unpaired) electrons. The summed E-state index contributed by atoms with van der Waals surface area (Å²) >= 11 is 0. The molecule has 0 atom stereocenters. The zero-order valence-corrected chi connectivity index (χ0v) is 13.5. The summed E-state index contributed by atoms with van der Waals surface area (Å²) in [6.45, 7) is 2.91. The van der Waals surface area contributed by atoms with Gasteiger partial charge in [-0.1, -0.05) is 24.3 Å². The average molecular weight is 322 g/mol. The standard InChI is InChI=1S/C19H18N2O3/c1-12-17(16-11-20-10-13-4-2-3-5-15(13)16)19(23)21(18(12)22)14-6-8-24-9-7-14/h2-5,10-11,14H,6-9H2,1H3. The summed E-state index contributed by atoms with van der Waals surface area (Å²) < 4.78 is 5.35. The minimum atomic E-state index is -0.206. The normalized spacial score (nSPS) is 19.6. The molecule has 2 aliphatic heterocycles. The van der Waals surface area contributed by atoms with Gasteiger partial charge < -0.3 is 4.74 Å². The summed E-state index contributed by atoms with van der Waals surface area (Å²) in [7, 11) is 0. The average Bonchev–Trinajstić information content (AvgIpc) is 2.84. The second-order valence-corrected chi connectivity index (χ2v) is 6.23. The number of rotatable bonds is 2. The van der Waals surface area contributed by atoms with Crippen LogP contribution in [0.15, 0.2) is 42.2 Å². The van der Waals surface area contributed by atoms with Crippen LogP contribution >= 0.6 is 0 Å². The van der Waals surface area contributed by atoms with Crippen molar-refractivity contribution >= 4 is 28.2 Å². The Morgan fingerprint density at radius 2 is 1.83 bits per heavy atom. The lowest BCUT2D eigenvalue weighted by molar-refractivity contribution is -0.141. The van der Waals surface area contributed by atoms with E-state index in [0.29, 0.717) is 37.2 Å². The first-order valence-corrected chi connectivity index (χ1v) is 8.18. The molecule has 1 fully saturated rings. The number of benzene rings is 1. The third-order valence-electron chi connectivity index (χ3n) is 4.84. The smallest absolute Gasteiger partial charge is 0.262 e. The van der Waals surface area contributed by atoms with Gasteiger partial charge in [0.25, 0.3) is 11.8 Å². The second-order valence-electron chi connectivity index (χ2n) is 6.23. The van der Waals surface area contributed by atoms with Gasteiger partial charge in [-0.05, 0) is 25.2 Å². The molecular weight excluding hydrogens is 304 g/mol. The van der Waals surface area contributed by atoms with Gasteiger partial charge >= 0.3 is 0 Å². The monoisotopic (exact) mass is 322 g/mol. The second kappa shape index (κ2) is 5.83. The molecule has 2 amide bonds. The molecule has 0 bridgehead atoms. The van der Waals surface area contributed by atoms with E-state index in [-0.39, 0.29) is 17.9 Å². The molecule has 1 saturated heterocycles. The number of imide groups is 1. The maximum Gasteiger partial charge on any atom is 0.262 e. The predicted molar refractivity (Wildman–Crippen MR) is 90.0 cm³/mol. The van der Waals surface area contributed by atoms with Crippen LogP contribution in [0.25, 0.3) is 16.3 Å². The van der Waals surface area contributed by atoms with Crippen LogP contribution in [0.1, 0.15) is 25.3 Å². The Hall–Kier alpha value is -2.53. The minimum Gasteiger partial charge on any atom is -0.381 e. The number of fused-ring (bicyclic) bond motifs is 1. The zero-order valence-electron chi connectivity index (χ0n) is 13.5. The van der Waals surface area contributed by atoms with E-state index in [2.05, 4.69) is 4.98 Å². The Kier molecular flexibility index (Phi) is 3.65. The van der Waals surface area contributed by atoms with Crippen LogP contribution in [0.4, 0.5) is 0 Å². The van der Waals surface area contributed by atoms with Crippen molar-refractivity contribution in [1.82, 2.24) is 9.88 Å². The van der Waals surface area contributed by atoms with Gasteiger partial charge in [-0.2, -0.15) is 0 Å². The molecule has 4 rings (SSSR count). The molecule has 1 aromatic carbocycles. The Labute approximate surface area is 139 Å². The fourth-order valence-electron chi connectivity index (χ4n) is 3.57. The van der Waals surface area contributed by atoms with Gasteiger partial charge in [-0.25, -0.2) is 0 Å². The third kappa shape index (κ3) is 2.24. The van der Waals surface area contributed by atoms with Crippen molar-refractivity contribution in [3.8, 4) is 0 Å². The fraction of sp³-hybridized carbons (Fsp3) is 0.316. The zero-order chi connectivity index (χ0) is 16.7. The van der Waals surface area contributed by atoms with Crippen molar-refractivity contribution in [2.45, 2.75) is 25.8 Å². The van der Waals surface area contributed by atoms with Crippen LogP contribution in [0.3, 0.4) is 0 Å². The molecule has 5 nitrogen and oxygen atoms in total. The number of pyridine rings is 1. The highest BCUT2D eigenvalue weighted by Gasteiger charge is 2.41. The van der Waals surface area contributed by atoms with E-state index in [0.717, 1.165) is 16.3 Å². The third-order valence-corrected chi connectivity index (χ3v) is 4.84. The van der Waals surface area contributed by atoms with E-state index in [1.807, 2.05) is 24.3 Å². The highest BCUT2D eigenvalue weighted by Crippen LogP contribution is 2.35. The summed E-state index contributed by atoms with van der Waals surface area (Å²) in [6, 6.07) is 7.71. The van der Waals surface area contributed by atoms with Crippen molar-refractivity contribution in [3.63, 3.8) is 0 Å². The van der Waals surface area contributed by atoms with Gasteiger partial charge in [0.1, 0.15) is 0 Å². The first-order chi connectivity index (χ1) is 11.7. The lowest BCUT2D eigenvalue weighted by Gasteiger charge is -2.30. The maximum absolute atomic E-state index is 13.0. The number of ether oxygens (including phenoxy) is 1. The van der Waals surface area contributed by atoms with Crippen LogP contribution in [-0.4, -0.2) is 41.0 Å². The van der Waals surface area contributed by atoms with Gasteiger partial charge in [-0.3, -0.25) is 19.5 Å². The minimum absolute atomic E-state index is 0.0749. The van der Waals surface area contributed by atoms with Crippen molar-refractivity contribution in [2.75, 3.05) is 13.2 Å². The van der Waals surface area contributed by atoms with Gasteiger partial charge in [-0.15, -0.1) is 0 Å². The lowest BCUT2D eigenvalue weighted by atomic mass is 9.98. The van der Waals surface area contributed by atoms with Gasteiger partial charge in [0, 0.05) is 48.2 Å². The molecule has 0 saturated carbocycles. The Morgan fingerprint density at radius 1 is 1.08 bits per heavy atom. The molecule has 122 valence electrons. The Balaban J connectivity index is 1.80. The molecule has 2 aromatic rings. The number of amides is 2. The van der Waals surface area contributed by atoms with Crippen molar-refractivity contribution in [1.29, 1.82) is 0 Å². The van der Waals surface area contributed by atoms with E-state index < -0.39 is 0 Å². The largest absolute Gasteiger partial charge is 0.381 e. The number of carbonyl (C=O) groups excluding carboxylic acids is 2. The first kappa shape index (κ1) is 15.0. The quantitative estimate of drug-likeness (QED) is 0.797. The van der Waals surface area contributed by atoms with E-state index in [1.54, 1.807) is 19.3 Å². The Bertz CT molecular complexity index is 861. The van der Waals surface area contributed by atoms with E-state index in [1.165, 1.54) is 4.90 Å². The van der Waals surface area contributed by atoms with Crippen LogP contribution < -0.4 is 0 Å². The molecule has 0 aliphatic carbocycles.